The molecule has 5 nitrogen and oxygen atoms in total. The number of fused-ring (bicyclic) bond motifs is 2. The number of benzene rings is 1. The first-order valence-corrected chi connectivity index (χ1v) is 10.5. The molecule has 1 aliphatic carbocycles. The third kappa shape index (κ3) is 4.07. The van der Waals surface area contributed by atoms with Gasteiger partial charge in [-0.15, -0.1) is 11.3 Å². The molecule has 2 heterocycles. The van der Waals surface area contributed by atoms with Gasteiger partial charge in [0.2, 0.25) is 0 Å². The van der Waals surface area contributed by atoms with Crippen molar-refractivity contribution in [2.45, 2.75) is 38.6 Å². The first-order chi connectivity index (χ1) is 13.7. The third-order valence-corrected chi connectivity index (χ3v) is 5.87. The van der Waals surface area contributed by atoms with Gasteiger partial charge >= 0.3 is 5.97 Å². The van der Waals surface area contributed by atoms with Gasteiger partial charge < -0.3 is 10.1 Å². The standard InChI is InChI=1S/C22H22N2O3S/c25-20(23-13-15-7-6-12-28-15)14-27-22(26)21-16-8-2-1-3-10-18(16)24-19-11-5-4-9-17(19)21/h4-7,9,11-12H,1-3,8,10,13-14H2,(H,23,25). The maximum Gasteiger partial charge on any atom is 0.339 e. The normalized spacial score (nSPS) is 13.6. The van der Waals surface area contributed by atoms with Gasteiger partial charge in [-0.25, -0.2) is 4.79 Å². The van der Waals surface area contributed by atoms with Gasteiger partial charge in [-0.1, -0.05) is 30.7 Å². The number of hydrogen-bond acceptors (Lipinski definition) is 5. The summed E-state index contributed by atoms with van der Waals surface area (Å²) in [6.45, 7) is 0.164. The molecule has 0 unspecified atom stereocenters. The molecule has 0 bridgehead atoms. The number of para-hydroxylation sites is 1. The number of amides is 1. The summed E-state index contributed by atoms with van der Waals surface area (Å²) in [5.41, 5.74) is 3.36. The predicted octanol–water partition coefficient (Wildman–Crippen LogP) is 4.04. The molecule has 0 saturated heterocycles. The summed E-state index contributed by atoms with van der Waals surface area (Å²) in [6, 6.07) is 11.5. The largest absolute Gasteiger partial charge is 0.452 e. The quantitative estimate of drug-likeness (QED) is 0.524. The van der Waals surface area contributed by atoms with Crippen molar-refractivity contribution >= 4 is 34.1 Å². The Morgan fingerprint density at radius 2 is 1.93 bits per heavy atom. The lowest BCUT2D eigenvalue weighted by Crippen LogP contribution is -2.28. The van der Waals surface area contributed by atoms with Crippen molar-refractivity contribution in [3.63, 3.8) is 0 Å². The van der Waals surface area contributed by atoms with Gasteiger partial charge in [0, 0.05) is 16.0 Å². The topological polar surface area (TPSA) is 68.3 Å². The van der Waals surface area contributed by atoms with E-state index < -0.39 is 5.97 Å². The monoisotopic (exact) mass is 394 g/mol. The molecule has 1 aromatic carbocycles. The number of carbonyl (C=O) groups excluding carboxylic acids is 2. The number of carbonyl (C=O) groups is 2. The van der Waals surface area contributed by atoms with Gasteiger partial charge in [0.05, 0.1) is 17.6 Å². The molecule has 4 rings (SSSR count). The van der Waals surface area contributed by atoms with Gasteiger partial charge in [0.15, 0.2) is 6.61 Å². The lowest BCUT2D eigenvalue weighted by atomic mass is 9.97. The lowest BCUT2D eigenvalue weighted by molar-refractivity contribution is -0.124. The van der Waals surface area contributed by atoms with Crippen molar-refractivity contribution in [1.29, 1.82) is 0 Å². The number of rotatable bonds is 5. The Kier molecular flexibility index (Phi) is 5.67. The number of ether oxygens (including phenoxy) is 1. The van der Waals surface area contributed by atoms with E-state index in [2.05, 4.69) is 5.32 Å². The second kappa shape index (κ2) is 8.52. The van der Waals surface area contributed by atoms with Crippen LogP contribution in [0.15, 0.2) is 41.8 Å². The average Bonchev–Trinajstić information content (AvgIpc) is 3.13. The summed E-state index contributed by atoms with van der Waals surface area (Å²) in [5.74, 6) is -0.741. The van der Waals surface area contributed by atoms with Gasteiger partial charge in [0.1, 0.15) is 0 Å². The van der Waals surface area contributed by atoms with Crippen LogP contribution in [0.2, 0.25) is 0 Å². The molecule has 0 saturated carbocycles. The molecule has 0 radical (unpaired) electrons. The van der Waals surface area contributed by atoms with Gasteiger partial charge in [0.25, 0.3) is 5.91 Å². The summed E-state index contributed by atoms with van der Waals surface area (Å²) in [7, 11) is 0. The maximum absolute atomic E-state index is 13.0. The second-order valence-electron chi connectivity index (χ2n) is 6.92. The van der Waals surface area contributed by atoms with E-state index in [4.69, 9.17) is 9.72 Å². The lowest BCUT2D eigenvalue weighted by Gasteiger charge is -2.15. The van der Waals surface area contributed by atoms with E-state index in [9.17, 15) is 9.59 Å². The molecule has 0 aliphatic heterocycles. The number of nitrogens with one attached hydrogen (secondary N) is 1. The van der Waals surface area contributed by atoms with E-state index in [0.717, 1.165) is 59.1 Å². The summed E-state index contributed by atoms with van der Waals surface area (Å²) in [5, 5.41) is 5.54. The van der Waals surface area contributed by atoms with E-state index in [1.807, 2.05) is 41.8 Å². The number of hydrogen-bond donors (Lipinski definition) is 1. The molecule has 2 aromatic heterocycles. The smallest absolute Gasteiger partial charge is 0.339 e. The van der Waals surface area contributed by atoms with Crippen LogP contribution in [0.25, 0.3) is 10.9 Å². The fourth-order valence-corrected chi connectivity index (χ4v) is 4.28. The Morgan fingerprint density at radius 1 is 1.07 bits per heavy atom. The van der Waals surface area contributed by atoms with E-state index in [1.165, 1.54) is 0 Å². The van der Waals surface area contributed by atoms with Crippen LogP contribution in [0.3, 0.4) is 0 Å². The number of aromatic nitrogens is 1. The van der Waals surface area contributed by atoms with Crippen molar-refractivity contribution in [1.82, 2.24) is 10.3 Å². The molecule has 0 fully saturated rings. The molecule has 6 heteroatoms. The van der Waals surface area contributed by atoms with Crippen LogP contribution in [-0.4, -0.2) is 23.5 Å². The first-order valence-electron chi connectivity index (χ1n) is 9.59. The van der Waals surface area contributed by atoms with Crippen LogP contribution in [-0.2, 0) is 28.9 Å². The molecule has 28 heavy (non-hydrogen) atoms. The van der Waals surface area contributed by atoms with Crippen molar-refractivity contribution in [2.24, 2.45) is 0 Å². The minimum absolute atomic E-state index is 0.282. The van der Waals surface area contributed by atoms with Crippen LogP contribution < -0.4 is 5.32 Å². The number of nitrogens with zero attached hydrogens (tertiary/aromatic N) is 1. The summed E-state index contributed by atoms with van der Waals surface area (Å²) in [4.78, 5) is 30.9. The van der Waals surface area contributed by atoms with Crippen molar-refractivity contribution in [2.75, 3.05) is 6.61 Å². The van der Waals surface area contributed by atoms with E-state index >= 15 is 0 Å². The molecule has 144 valence electrons. The average molecular weight is 394 g/mol. The van der Waals surface area contributed by atoms with E-state index in [1.54, 1.807) is 11.3 Å². The molecule has 1 amide bonds. The Labute approximate surface area is 167 Å². The van der Waals surface area contributed by atoms with Crippen molar-refractivity contribution in [3.8, 4) is 0 Å². The number of esters is 1. The minimum atomic E-state index is -0.442. The van der Waals surface area contributed by atoms with Crippen LogP contribution in [0.4, 0.5) is 0 Å². The summed E-state index contributed by atoms with van der Waals surface area (Å²) < 4.78 is 5.40. The van der Waals surface area contributed by atoms with Gasteiger partial charge in [-0.3, -0.25) is 9.78 Å². The van der Waals surface area contributed by atoms with Crippen LogP contribution in [0, 0.1) is 0 Å². The number of aryl methyl sites for hydroxylation is 1. The Hall–Kier alpha value is -2.73. The molecular formula is C22H22N2O3S. The van der Waals surface area contributed by atoms with Crippen molar-refractivity contribution < 1.29 is 14.3 Å². The highest BCUT2D eigenvalue weighted by atomic mass is 32.1. The zero-order chi connectivity index (χ0) is 19.3. The molecular weight excluding hydrogens is 372 g/mol. The SMILES string of the molecule is O=C(COC(=O)c1c2c(nc3ccccc13)CCCCC2)NCc1cccs1. The second-order valence-corrected chi connectivity index (χ2v) is 7.95. The zero-order valence-electron chi connectivity index (χ0n) is 15.6. The number of pyridine rings is 1. The van der Waals surface area contributed by atoms with Gasteiger partial charge in [-0.05, 0) is 48.8 Å². The number of thiophene rings is 1. The highest BCUT2D eigenvalue weighted by Gasteiger charge is 2.23. The highest BCUT2D eigenvalue weighted by Crippen LogP contribution is 2.29. The van der Waals surface area contributed by atoms with Gasteiger partial charge in [-0.2, -0.15) is 0 Å². The zero-order valence-corrected chi connectivity index (χ0v) is 16.4. The Morgan fingerprint density at radius 3 is 2.79 bits per heavy atom. The van der Waals surface area contributed by atoms with Crippen LogP contribution in [0.5, 0.6) is 0 Å². The van der Waals surface area contributed by atoms with Crippen molar-refractivity contribution in [3.05, 3.63) is 63.5 Å². The maximum atomic E-state index is 13.0. The molecule has 1 N–H and O–H groups in total. The van der Waals surface area contributed by atoms with E-state index in [-0.39, 0.29) is 12.5 Å². The molecule has 1 aliphatic rings. The molecule has 0 atom stereocenters. The van der Waals surface area contributed by atoms with E-state index in [0.29, 0.717) is 12.1 Å². The fraction of sp³-hybridized carbons (Fsp3) is 0.318. The Balaban J connectivity index is 1.53. The summed E-state index contributed by atoms with van der Waals surface area (Å²) >= 11 is 1.58. The first kappa shape index (κ1) is 18.6. The highest BCUT2D eigenvalue weighted by molar-refractivity contribution is 7.09. The third-order valence-electron chi connectivity index (χ3n) is 5.00. The predicted molar refractivity (Wildman–Crippen MR) is 109 cm³/mol. The molecule has 3 aromatic rings. The fourth-order valence-electron chi connectivity index (χ4n) is 3.64. The molecule has 0 spiro atoms. The van der Waals surface area contributed by atoms with Crippen LogP contribution >= 0.6 is 11.3 Å². The minimum Gasteiger partial charge on any atom is -0.452 e. The van der Waals surface area contributed by atoms with Crippen LogP contribution in [0.1, 0.15) is 45.8 Å². The Bertz CT molecular complexity index is 998. The summed E-state index contributed by atoms with van der Waals surface area (Å²) in [6.07, 6.45) is 4.95.